The van der Waals surface area contributed by atoms with Crippen LogP contribution < -0.4 is 5.73 Å². The lowest BCUT2D eigenvalue weighted by molar-refractivity contribution is -0.135. The van der Waals surface area contributed by atoms with Crippen LogP contribution in [-0.2, 0) is 11.3 Å². The monoisotopic (exact) mass is 226 g/mol. The molecular formula is C11H18N2OS. The van der Waals surface area contributed by atoms with Crippen molar-refractivity contribution in [2.45, 2.75) is 20.4 Å². The molecule has 15 heavy (non-hydrogen) atoms. The van der Waals surface area contributed by atoms with Crippen LogP contribution in [0.2, 0.25) is 0 Å². The molecule has 1 aromatic rings. The van der Waals surface area contributed by atoms with Gasteiger partial charge in [0.25, 0.3) is 0 Å². The molecule has 0 aliphatic heterocycles. The Labute approximate surface area is 94.9 Å². The van der Waals surface area contributed by atoms with Crippen LogP contribution in [0.5, 0.6) is 0 Å². The maximum absolute atomic E-state index is 11.9. The molecule has 4 heteroatoms. The van der Waals surface area contributed by atoms with Gasteiger partial charge in [0.1, 0.15) is 0 Å². The maximum Gasteiger partial charge on any atom is 0.226 e. The average Bonchev–Trinajstić information content (AvgIpc) is 2.76. The van der Waals surface area contributed by atoms with Crippen LogP contribution in [0.25, 0.3) is 0 Å². The van der Waals surface area contributed by atoms with E-state index < -0.39 is 0 Å². The Morgan fingerprint density at radius 1 is 1.67 bits per heavy atom. The van der Waals surface area contributed by atoms with E-state index in [1.54, 1.807) is 11.3 Å². The van der Waals surface area contributed by atoms with E-state index in [1.807, 2.05) is 36.3 Å². The molecule has 1 rings (SSSR count). The van der Waals surface area contributed by atoms with E-state index in [2.05, 4.69) is 0 Å². The predicted octanol–water partition coefficient (Wildman–Crippen LogP) is 1.69. The minimum atomic E-state index is -0.0788. The van der Waals surface area contributed by atoms with Crippen LogP contribution in [0.4, 0.5) is 0 Å². The maximum atomic E-state index is 11.9. The summed E-state index contributed by atoms with van der Waals surface area (Å²) in [6, 6.07) is 4.05. The third-order valence-corrected chi connectivity index (χ3v) is 3.26. The van der Waals surface area contributed by atoms with Crippen molar-refractivity contribution in [1.29, 1.82) is 0 Å². The van der Waals surface area contributed by atoms with Gasteiger partial charge in [0.15, 0.2) is 0 Å². The van der Waals surface area contributed by atoms with E-state index in [-0.39, 0.29) is 11.8 Å². The number of thiophene rings is 1. The Morgan fingerprint density at radius 3 is 2.87 bits per heavy atom. The lowest BCUT2D eigenvalue weighted by Gasteiger charge is -2.23. The van der Waals surface area contributed by atoms with Crippen LogP contribution in [0.1, 0.15) is 18.7 Å². The molecule has 1 unspecified atom stereocenters. The van der Waals surface area contributed by atoms with Crippen LogP contribution >= 0.6 is 11.3 Å². The summed E-state index contributed by atoms with van der Waals surface area (Å²) in [6.45, 7) is 5.73. The van der Waals surface area contributed by atoms with Crippen molar-refractivity contribution in [1.82, 2.24) is 4.90 Å². The molecule has 3 nitrogen and oxygen atoms in total. The predicted molar refractivity (Wildman–Crippen MR) is 63.6 cm³/mol. The number of nitrogens with zero attached hydrogens (tertiary/aromatic N) is 1. The van der Waals surface area contributed by atoms with Crippen molar-refractivity contribution >= 4 is 17.2 Å². The second kappa shape index (κ2) is 5.88. The second-order valence-corrected chi connectivity index (χ2v) is 4.60. The number of carbonyl (C=O) groups is 1. The van der Waals surface area contributed by atoms with Gasteiger partial charge in [-0.1, -0.05) is 13.0 Å². The van der Waals surface area contributed by atoms with E-state index in [4.69, 9.17) is 5.73 Å². The normalized spacial score (nSPS) is 12.5. The molecule has 0 saturated carbocycles. The number of hydrogen-bond donors (Lipinski definition) is 1. The number of carbonyl (C=O) groups excluding carboxylic acids is 1. The molecule has 0 spiro atoms. The van der Waals surface area contributed by atoms with Gasteiger partial charge in [0.2, 0.25) is 5.91 Å². The molecule has 0 bridgehead atoms. The number of nitrogens with two attached hydrogens (primary N) is 1. The first-order chi connectivity index (χ1) is 7.19. The second-order valence-electron chi connectivity index (χ2n) is 3.57. The lowest BCUT2D eigenvalue weighted by Crippen LogP contribution is -2.37. The Hall–Kier alpha value is -0.870. The first-order valence-electron chi connectivity index (χ1n) is 5.20. The van der Waals surface area contributed by atoms with Gasteiger partial charge in [-0.15, -0.1) is 11.3 Å². The molecule has 0 saturated heterocycles. The van der Waals surface area contributed by atoms with Crippen LogP contribution in [0.3, 0.4) is 0 Å². The molecule has 1 amide bonds. The number of amides is 1. The van der Waals surface area contributed by atoms with E-state index >= 15 is 0 Å². The summed E-state index contributed by atoms with van der Waals surface area (Å²) in [5.41, 5.74) is 5.49. The largest absolute Gasteiger partial charge is 0.338 e. The molecule has 0 fully saturated rings. The Balaban J connectivity index is 2.60. The van der Waals surface area contributed by atoms with E-state index in [0.29, 0.717) is 13.1 Å². The first-order valence-corrected chi connectivity index (χ1v) is 6.08. The zero-order chi connectivity index (χ0) is 11.3. The summed E-state index contributed by atoms with van der Waals surface area (Å²) in [5.74, 6) is 0.0679. The third-order valence-electron chi connectivity index (χ3n) is 2.40. The summed E-state index contributed by atoms with van der Waals surface area (Å²) in [7, 11) is 0. The van der Waals surface area contributed by atoms with Crippen molar-refractivity contribution in [3.8, 4) is 0 Å². The van der Waals surface area contributed by atoms with Crippen molar-refractivity contribution in [3.63, 3.8) is 0 Å². The lowest BCUT2D eigenvalue weighted by atomic mass is 10.1. The zero-order valence-electron chi connectivity index (χ0n) is 9.27. The van der Waals surface area contributed by atoms with Crippen molar-refractivity contribution in [2.75, 3.05) is 13.1 Å². The Kier molecular flexibility index (Phi) is 4.78. The zero-order valence-corrected chi connectivity index (χ0v) is 10.1. The van der Waals surface area contributed by atoms with Crippen LogP contribution in [-0.4, -0.2) is 23.9 Å². The molecule has 1 aromatic heterocycles. The van der Waals surface area contributed by atoms with Gasteiger partial charge in [-0.25, -0.2) is 0 Å². The summed E-state index contributed by atoms with van der Waals surface area (Å²) >= 11 is 1.68. The number of hydrogen-bond acceptors (Lipinski definition) is 3. The van der Waals surface area contributed by atoms with Crippen LogP contribution in [0, 0.1) is 5.92 Å². The van der Waals surface area contributed by atoms with Gasteiger partial charge in [0.05, 0.1) is 6.54 Å². The summed E-state index contributed by atoms with van der Waals surface area (Å²) in [6.07, 6.45) is 0. The minimum absolute atomic E-state index is 0.0788. The fourth-order valence-electron chi connectivity index (χ4n) is 1.35. The fraction of sp³-hybridized carbons (Fsp3) is 0.545. The quantitative estimate of drug-likeness (QED) is 0.830. The first kappa shape index (κ1) is 12.2. The van der Waals surface area contributed by atoms with E-state index in [9.17, 15) is 4.79 Å². The molecular weight excluding hydrogens is 208 g/mol. The Bertz CT molecular complexity index is 298. The summed E-state index contributed by atoms with van der Waals surface area (Å²) in [4.78, 5) is 14.9. The van der Waals surface area contributed by atoms with Gasteiger partial charge in [-0.2, -0.15) is 0 Å². The summed E-state index contributed by atoms with van der Waals surface area (Å²) < 4.78 is 0. The highest BCUT2D eigenvalue weighted by Gasteiger charge is 2.18. The molecule has 2 N–H and O–H groups in total. The molecule has 84 valence electrons. The van der Waals surface area contributed by atoms with Crippen molar-refractivity contribution in [3.05, 3.63) is 22.4 Å². The molecule has 0 radical (unpaired) electrons. The van der Waals surface area contributed by atoms with Crippen molar-refractivity contribution < 1.29 is 4.79 Å². The van der Waals surface area contributed by atoms with E-state index in [1.165, 1.54) is 4.88 Å². The highest BCUT2D eigenvalue weighted by Crippen LogP contribution is 2.13. The SMILES string of the molecule is CCN(Cc1cccs1)C(=O)C(C)CN. The molecule has 0 aliphatic rings. The van der Waals surface area contributed by atoms with Gasteiger partial charge in [0, 0.05) is 23.9 Å². The fourth-order valence-corrected chi connectivity index (χ4v) is 2.07. The van der Waals surface area contributed by atoms with Gasteiger partial charge < -0.3 is 10.6 Å². The van der Waals surface area contributed by atoms with Gasteiger partial charge in [-0.05, 0) is 18.4 Å². The summed E-state index contributed by atoms with van der Waals surface area (Å²) in [5, 5.41) is 2.03. The third kappa shape index (κ3) is 3.32. The van der Waals surface area contributed by atoms with Crippen LogP contribution in [0.15, 0.2) is 17.5 Å². The standard InChI is InChI=1S/C11H18N2OS/c1-3-13(11(14)9(2)7-12)8-10-5-4-6-15-10/h4-6,9H,3,7-8,12H2,1-2H3. The highest BCUT2D eigenvalue weighted by molar-refractivity contribution is 7.09. The molecule has 1 heterocycles. The average molecular weight is 226 g/mol. The molecule has 0 aliphatic carbocycles. The number of rotatable bonds is 5. The minimum Gasteiger partial charge on any atom is -0.338 e. The molecule has 0 aromatic carbocycles. The van der Waals surface area contributed by atoms with Gasteiger partial charge >= 0.3 is 0 Å². The topological polar surface area (TPSA) is 46.3 Å². The molecule has 1 atom stereocenters. The van der Waals surface area contributed by atoms with E-state index in [0.717, 1.165) is 6.54 Å². The van der Waals surface area contributed by atoms with Gasteiger partial charge in [-0.3, -0.25) is 4.79 Å². The Morgan fingerprint density at radius 2 is 2.40 bits per heavy atom. The highest BCUT2D eigenvalue weighted by atomic mass is 32.1. The van der Waals surface area contributed by atoms with Crippen molar-refractivity contribution in [2.24, 2.45) is 11.7 Å². The smallest absolute Gasteiger partial charge is 0.226 e.